The largest absolute Gasteiger partial charge is 0.416 e. The number of alkyl halides is 3. The second kappa shape index (κ2) is 8.02. The number of hydrogen-bond donors (Lipinski definition) is 1. The van der Waals surface area contributed by atoms with E-state index < -0.39 is 11.7 Å². The maximum atomic E-state index is 13.1. The lowest BCUT2D eigenvalue weighted by Crippen LogP contribution is -2.34. The first kappa shape index (κ1) is 19.8. The Balaban J connectivity index is 0.00000264. The first-order valence-electron chi connectivity index (χ1n) is 7.49. The van der Waals surface area contributed by atoms with Gasteiger partial charge in [-0.3, -0.25) is 4.79 Å². The molecule has 1 aliphatic rings. The van der Waals surface area contributed by atoms with Gasteiger partial charge in [0.2, 0.25) is 5.91 Å². The van der Waals surface area contributed by atoms with E-state index in [2.05, 4.69) is 0 Å². The summed E-state index contributed by atoms with van der Waals surface area (Å²) in [5.41, 5.74) is 5.13. The van der Waals surface area contributed by atoms with E-state index in [0.717, 1.165) is 18.9 Å². The molecule has 2 N–H and O–H groups in total. The van der Waals surface area contributed by atoms with Crippen LogP contribution in [0.25, 0.3) is 0 Å². The number of nitrogens with zero attached hydrogens (tertiary/aromatic N) is 1. The Morgan fingerprint density at radius 3 is 2.48 bits per heavy atom. The van der Waals surface area contributed by atoms with Gasteiger partial charge in [0.25, 0.3) is 0 Å². The predicted molar refractivity (Wildman–Crippen MR) is 85.1 cm³/mol. The predicted octanol–water partition coefficient (Wildman–Crippen LogP) is 3.75. The highest BCUT2D eigenvalue weighted by molar-refractivity contribution is 5.85. The molecule has 1 fully saturated rings. The van der Waals surface area contributed by atoms with Crippen molar-refractivity contribution in [3.63, 3.8) is 0 Å². The van der Waals surface area contributed by atoms with Crippen molar-refractivity contribution in [1.29, 1.82) is 0 Å². The van der Waals surface area contributed by atoms with Crippen LogP contribution in [0.15, 0.2) is 24.3 Å². The first-order valence-corrected chi connectivity index (χ1v) is 7.49. The monoisotopic (exact) mass is 350 g/mol. The SMILES string of the molecule is CC(N)CCC(=O)N(Cc1ccccc1C(F)(F)F)C1CC1.Cl. The molecule has 0 spiro atoms. The number of halogens is 4. The van der Waals surface area contributed by atoms with Crippen LogP contribution in [0.3, 0.4) is 0 Å². The summed E-state index contributed by atoms with van der Waals surface area (Å²) in [6, 6.07) is 5.42. The lowest BCUT2D eigenvalue weighted by Gasteiger charge is -2.25. The van der Waals surface area contributed by atoms with E-state index in [0.29, 0.717) is 6.42 Å². The third kappa shape index (κ3) is 5.70. The second-order valence-corrected chi connectivity index (χ2v) is 5.92. The third-order valence-electron chi connectivity index (χ3n) is 3.78. The molecule has 130 valence electrons. The van der Waals surface area contributed by atoms with Crippen LogP contribution < -0.4 is 5.73 Å². The smallest absolute Gasteiger partial charge is 0.335 e. The Hall–Kier alpha value is -1.27. The molecule has 3 nitrogen and oxygen atoms in total. The fourth-order valence-corrected chi connectivity index (χ4v) is 2.42. The summed E-state index contributed by atoms with van der Waals surface area (Å²) in [5.74, 6) is -0.114. The minimum Gasteiger partial charge on any atom is -0.335 e. The highest BCUT2D eigenvalue weighted by Crippen LogP contribution is 2.35. The van der Waals surface area contributed by atoms with Gasteiger partial charge in [-0.15, -0.1) is 12.4 Å². The van der Waals surface area contributed by atoms with E-state index in [1.54, 1.807) is 11.0 Å². The maximum absolute atomic E-state index is 13.1. The molecule has 1 aromatic carbocycles. The van der Waals surface area contributed by atoms with Crippen molar-refractivity contribution in [2.75, 3.05) is 0 Å². The highest BCUT2D eigenvalue weighted by atomic mass is 35.5. The summed E-state index contributed by atoms with van der Waals surface area (Å²) in [5, 5.41) is 0. The lowest BCUT2D eigenvalue weighted by molar-refractivity contribution is -0.140. The number of carbonyl (C=O) groups is 1. The zero-order valence-corrected chi connectivity index (χ0v) is 13.8. The van der Waals surface area contributed by atoms with Crippen molar-refractivity contribution in [2.24, 2.45) is 5.73 Å². The molecule has 0 aromatic heterocycles. The van der Waals surface area contributed by atoms with Crippen molar-refractivity contribution in [1.82, 2.24) is 4.90 Å². The number of nitrogens with two attached hydrogens (primary N) is 1. The van der Waals surface area contributed by atoms with Gasteiger partial charge >= 0.3 is 6.18 Å². The lowest BCUT2D eigenvalue weighted by atomic mass is 10.1. The number of carbonyl (C=O) groups excluding carboxylic acids is 1. The van der Waals surface area contributed by atoms with E-state index in [-0.39, 0.29) is 48.9 Å². The van der Waals surface area contributed by atoms with Crippen LogP contribution in [-0.2, 0) is 17.5 Å². The van der Waals surface area contributed by atoms with Gasteiger partial charge in [-0.05, 0) is 37.8 Å². The van der Waals surface area contributed by atoms with Gasteiger partial charge in [-0.2, -0.15) is 13.2 Å². The van der Waals surface area contributed by atoms with Crippen LogP contribution in [0, 0.1) is 0 Å². The average molecular weight is 351 g/mol. The maximum Gasteiger partial charge on any atom is 0.416 e. The molecule has 0 aliphatic heterocycles. The standard InChI is InChI=1S/C16H21F3N2O.ClH/c1-11(20)6-9-15(22)21(13-7-8-13)10-12-4-2-3-5-14(12)16(17,18)19;/h2-5,11,13H,6-10,20H2,1H3;1H. The zero-order valence-electron chi connectivity index (χ0n) is 13.0. The Morgan fingerprint density at radius 2 is 1.96 bits per heavy atom. The molecule has 0 saturated heterocycles. The molecule has 7 heteroatoms. The number of hydrogen-bond acceptors (Lipinski definition) is 2. The summed E-state index contributed by atoms with van der Waals surface area (Å²) < 4.78 is 39.2. The van der Waals surface area contributed by atoms with Gasteiger partial charge in [-0.1, -0.05) is 18.2 Å². The van der Waals surface area contributed by atoms with Gasteiger partial charge in [0.05, 0.1) is 5.56 Å². The van der Waals surface area contributed by atoms with Gasteiger partial charge in [0.15, 0.2) is 0 Å². The topological polar surface area (TPSA) is 46.3 Å². The van der Waals surface area contributed by atoms with E-state index in [9.17, 15) is 18.0 Å². The quantitative estimate of drug-likeness (QED) is 0.849. The fourth-order valence-electron chi connectivity index (χ4n) is 2.42. The average Bonchev–Trinajstić information content (AvgIpc) is 3.26. The van der Waals surface area contributed by atoms with Crippen LogP contribution >= 0.6 is 12.4 Å². The van der Waals surface area contributed by atoms with Crippen LogP contribution in [0.1, 0.15) is 43.7 Å². The number of benzene rings is 1. The van der Waals surface area contributed by atoms with E-state index in [1.165, 1.54) is 12.1 Å². The zero-order chi connectivity index (χ0) is 16.3. The Kier molecular flexibility index (Phi) is 6.89. The molecule has 23 heavy (non-hydrogen) atoms. The summed E-state index contributed by atoms with van der Waals surface area (Å²) in [7, 11) is 0. The van der Waals surface area contributed by atoms with Crippen molar-refractivity contribution < 1.29 is 18.0 Å². The minimum atomic E-state index is -4.40. The van der Waals surface area contributed by atoms with E-state index in [4.69, 9.17) is 5.73 Å². The Morgan fingerprint density at radius 1 is 1.35 bits per heavy atom. The van der Waals surface area contributed by atoms with Crippen LogP contribution in [0.2, 0.25) is 0 Å². The fraction of sp³-hybridized carbons (Fsp3) is 0.562. The molecular weight excluding hydrogens is 329 g/mol. The third-order valence-corrected chi connectivity index (χ3v) is 3.78. The summed E-state index contributed by atoms with van der Waals surface area (Å²) in [6.07, 6.45) is -1.86. The minimum absolute atomic E-state index is 0. The van der Waals surface area contributed by atoms with Gasteiger partial charge in [-0.25, -0.2) is 0 Å². The molecule has 0 radical (unpaired) electrons. The van der Waals surface area contributed by atoms with E-state index in [1.807, 2.05) is 6.92 Å². The van der Waals surface area contributed by atoms with Gasteiger partial charge in [0, 0.05) is 25.0 Å². The van der Waals surface area contributed by atoms with Crippen molar-refractivity contribution in [2.45, 2.75) is 57.4 Å². The molecule has 1 aliphatic carbocycles. The molecule has 1 aromatic rings. The van der Waals surface area contributed by atoms with Crippen molar-refractivity contribution in [3.05, 3.63) is 35.4 Å². The first-order chi connectivity index (χ1) is 10.3. The molecule has 1 unspecified atom stereocenters. The molecule has 1 amide bonds. The Bertz CT molecular complexity index is 530. The van der Waals surface area contributed by atoms with Gasteiger partial charge in [0.1, 0.15) is 0 Å². The van der Waals surface area contributed by atoms with Crippen LogP contribution in [0.5, 0.6) is 0 Å². The molecule has 1 saturated carbocycles. The summed E-state index contributed by atoms with van der Waals surface area (Å²) in [4.78, 5) is 13.9. The number of amides is 1. The highest BCUT2D eigenvalue weighted by Gasteiger charge is 2.36. The van der Waals surface area contributed by atoms with Crippen LogP contribution in [0.4, 0.5) is 13.2 Å². The Labute approximate surface area is 140 Å². The van der Waals surface area contributed by atoms with Crippen molar-refractivity contribution >= 4 is 18.3 Å². The van der Waals surface area contributed by atoms with Crippen LogP contribution in [-0.4, -0.2) is 22.9 Å². The molecule has 0 heterocycles. The normalized spacial score (nSPS) is 15.7. The van der Waals surface area contributed by atoms with Gasteiger partial charge < -0.3 is 10.6 Å². The summed E-state index contributed by atoms with van der Waals surface area (Å²) in [6.45, 7) is 1.83. The number of rotatable bonds is 6. The van der Waals surface area contributed by atoms with E-state index >= 15 is 0 Å². The molecule has 2 rings (SSSR count). The van der Waals surface area contributed by atoms with Crippen molar-refractivity contribution in [3.8, 4) is 0 Å². The second-order valence-electron chi connectivity index (χ2n) is 5.92. The summed E-state index contributed by atoms with van der Waals surface area (Å²) >= 11 is 0. The molecular formula is C16H22ClF3N2O. The molecule has 1 atom stereocenters. The molecule has 0 bridgehead atoms.